The molecule has 1 aliphatic rings. The van der Waals surface area contributed by atoms with Gasteiger partial charge in [0.15, 0.2) is 11.5 Å². The summed E-state index contributed by atoms with van der Waals surface area (Å²) in [5.41, 5.74) is 0.730. The summed E-state index contributed by atoms with van der Waals surface area (Å²) in [6.45, 7) is 0.202. The fraction of sp³-hybridized carbons (Fsp3) is 0.273. The van der Waals surface area contributed by atoms with Crippen molar-refractivity contribution in [1.29, 1.82) is 0 Å². The number of amides is 2. The van der Waals surface area contributed by atoms with Gasteiger partial charge in [-0.2, -0.15) is 0 Å². The number of carbonyl (C=O) groups excluding carboxylic acids is 2. The zero-order valence-corrected chi connectivity index (χ0v) is 18.5. The Bertz CT molecular complexity index is 1090. The number of hydrogen-bond donors (Lipinski definition) is 1. The van der Waals surface area contributed by atoms with Crippen LogP contribution in [0.4, 0.5) is 11.4 Å². The number of nitro benzene ring substituents is 1. The van der Waals surface area contributed by atoms with Crippen molar-refractivity contribution in [2.75, 3.05) is 46.9 Å². The predicted molar refractivity (Wildman–Crippen MR) is 118 cm³/mol. The lowest BCUT2D eigenvalue weighted by Gasteiger charge is -2.16. The van der Waals surface area contributed by atoms with Crippen LogP contribution in [0, 0.1) is 10.1 Å². The van der Waals surface area contributed by atoms with Crippen LogP contribution in [-0.4, -0.2) is 63.2 Å². The quantitative estimate of drug-likeness (QED) is 0.325. The Balaban J connectivity index is 2.10. The number of nitrogens with zero attached hydrogens (tertiary/aromatic N) is 2. The summed E-state index contributed by atoms with van der Waals surface area (Å²) in [5, 5.41) is 14.0. The molecule has 0 saturated heterocycles. The molecule has 1 N–H and O–H groups in total. The Morgan fingerprint density at radius 3 is 2.03 bits per heavy atom. The topological polar surface area (TPSA) is 129 Å². The van der Waals surface area contributed by atoms with E-state index in [1.165, 1.54) is 52.7 Å². The Hall–Kier alpha value is -4.12. The largest absolute Gasteiger partial charge is 0.493 e. The molecule has 2 aromatic rings. The van der Waals surface area contributed by atoms with Gasteiger partial charge in [-0.15, -0.1) is 0 Å². The number of rotatable bonds is 10. The zero-order valence-electron chi connectivity index (χ0n) is 18.5. The van der Waals surface area contributed by atoms with Gasteiger partial charge >= 0.3 is 0 Å². The van der Waals surface area contributed by atoms with E-state index in [1.54, 1.807) is 12.1 Å². The SMILES string of the molecule is COCCN1C(=O)C(Nc2cc(OC)c(OC)c(OC)c2)=C(c2ccc([N+](=O)[O-])cc2)C1=O. The predicted octanol–water partition coefficient (Wildman–Crippen LogP) is 2.46. The van der Waals surface area contributed by atoms with E-state index in [0.29, 0.717) is 28.5 Å². The molecular formula is C22H23N3O8. The molecule has 0 fully saturated rings. The summed E-state index contributed by atoms with van der Waals surface area (Å²) >= 11 is 0. The number of methoxy groups -OCH3 is 4. The molecule has 0 spiro atoms. The number of anilines is 1. The van der Waals surface area contributed by atoms with Crippen LogP contribution in [0.25, 0.3) is 5.57 Å². The maximum atomic E-state index is 13.2. The molecule has 0 bridgehead atoms. The molecule has 0 saturated carbocycles. The third kappa shape index (κ3) is 4.58. The van der Waals surface area contributed by atoms with E-state index in [0.717, 1.165) is 4.90 Å². The highest BCUT2D eigenvalue weighted by atomic mass is 16.6. The van der Waals surface area contributed by atoms with Crippen LogP contribution in [0.5, 0.6) is 17.2 Å². The second kappa shape index (κ2) is 10.0. The number of nitrogens with one attached hydrogen (secondary N) is 1. The van der Waals surface area contributed by atoms with Crippen LogP contribution in [0.3, 0.4) is 0 Å². The molecule has 0 radical (unpaired) electrons. The lowest BCUT2D eigenvalue weighted by atomic mass is 10.0. The van der Waals surface area contributed by atoms with Crippen molar-refractivity contribution in [2.24, 2.45) is 0 Å². The van der Waals surface area contributed by atoms with Gasteiger partial charge in [-0.1, -0.05) is 0 Å². The number of hydrogen-bond acceptors (Lipinski definition) is 9. The third-order valence-corrected chi connectivity index (χ3v) is 4.99. The number of ether oxygens (including phenoxy) is 4. The molecular weight excluding hydrogens is 434 g/mol. The van der Waals surface area contributed by atoms with Crippen LogP contribution in [0.2, 0.25) is 0 Å². The molecule has 2 amide bonds. The van der Waals surface area contributed by atoms with Crippen molar-refractivity contribution in [2.45, 2.75) is 0 Å². The molecule has 2 aromatic carbocycles. The summed E-state index contributed by atoms with van der Waals surface area (Å²) in [4.78, 5) is 37.8. The third-order valence-electron chi connectivity index (χ3n) is 4.99. The van der Waals surface area contributed by atoms with Crippen molar-refractivity contribution in [3.8, 4) is 17.2 Å². The van der Waals surface area contributed by atoms with E-state index in [1.807, 2.05) is 0 Å². The van der Waals surface area contributed by atoms with Gasteiger partial charge < -0.3 is 24.3 Å². The first kappa shape index (κ1) is 23.5. The maximum Gasteiger partial charge on any atom is 0.278 e. The molecule has 1 aliphatic heterocycles. The highest BCUT2D eigenvalue weighted by Crippen LogP contribution is 2.41. The van der Waals surface area contributed by atoms with Crippen molar-refractivity contribution >= 4 is 28.8 Å². The lowest BCUT2D eigenvalue weighted by molar-refractivity contribution is -0.384. The van der Waals surface area contributed by atoms with E-state index >= 15 is 0 Å². The first-order valence-corrected chi connectivity index (χ1v) is 9.77. The maximum absolute atomic E-state index is 13.2. The number of carbonyl (C=O) groups is 2. The standard InChI is InChI=1S/C22H23N3O8/c1-30-10-9-24-21(26)18(13-5-7-15(8-6-13)25(28)29)19(22(24)27)23-14-11-16(31-2)20(33-4)17(12-14)32-3/h5-8,11-12,23H,9-10H2,1-4H3. The van der Waals surface area contributed by atoms with Gasteiger partial charge in [-0.25, -0.2) is 0 Å². The van der Waals surface area contributed by atoms with Crippen LogP contribution < -0.4 is 19.5 Å². The van der Waals surface area contributed by atoms with Gasteiger partial charge in [0, 0.05) is 37.1 Å². The molecule has 1 heterocycles. The fourth-order valence-corrected chi connectivity index (χ4v) is 3.39. The minimum Gasteiger partial charge on any atom is -0.493 e. The molecule has 0 unspecified atom stereocenters. The number of non-ortho nitro benzene ring substituents is 1. The van der Waals surface area contributed by atoms with Gasteiger partial charge in [0.25, 0.3) is 17.5 Å². The first-order valence-electron chi connectivity index (χ1n) is 9.77. The van der Waals surface area contributed by atoms with Crippen LogP contribution in [-0.2, 0) is 14.3 Å². The Labute approximate surface area is 189 Å². The number of benzene rings is 2. The Morgan fingerprint density at radius 2 is 1.55 bits per heavy atom. The van der Waals surface area contributed by atoms with Crippen molar-refractivity contribution in [3.63, 3.8) is 0 Å². The van der Waals surface area contributed by atoms with Crippen LogP contribution in [0.1, 0.15) is 5.56 Å². The second-order valence-electron chi connectivity index (χ2n) is 6.85. The zero-order chi connectivity index (χ0) is 24.1. The summed E-state index contributed by atoms with van der Waals surface area (Å²) in [7, 11) is 5.85. The van der Waals surface area contributed by atoms with Gasteiger partial charge in [0.2, 0.25) is 5.75 Å². The number of imide groups is 1. The van der Waals surface area contributed by atoms with Crippen molar-refractivity contribution in [3.05, 3.63) is 57.8 Å². The molecule has 0 aromatic heterocycles. The summed E-state index contributed by atoms with van der Waals surface area (Å²) < 4.78 is 21.0. The van der Waals surface area contributed by atoms with Gasteiger partial charge in [-0.3, -0.25) is 24.6 Å². The molecule has 11 heteroatoms. The Morgan fingerprint density at radius 1 is 0.939 bits per heavy atom. The van der Waals surface area contributed by atoms with E-state index in [2.05, 4.69) is 5.32 Å². The van der Waals surface area contributed by atoms with Crippen LogP contribution >= 0.6 is 0 Å². The van der Waals surface area contributed by atoms with Gasteiger partial charge in [0.1, 0.15) is 5.70 Å². The molecule has 33 heavy (non-hydrogen) atoms. The average Bonchev–Trinajstić information content (AvgIpc) is 3.05. The summed E-state index contributed by atoms with van der Waals surface area (Å²) in [6, 6.07) is 8.59. The van der Waals surface area contributed by atoms with Gasteiger partial charge in [-0.05, 0) is 17.7 Å². The molecule has 3 rings (SSSR count). The second-order valence-corrected chi connectivity index (χ2v) is 6.85. The van der Waals surface area contributed by atoms with E-state index in [-0.39, 0.29) is 30.1 Å². The molecule has 0 aliphatic carbocycles. The van der Waals surface area contributed by atoms with Crippen molar-refractivity contribution in [1.82, 2.24) is 4.90 Å². The molecule has 0 atom stereocenters. The van der Waals surface area contributed by atoms with Crippen molar-refractivity contribution < 1.29 is 33.5 Å². The first-order chi connectivity index (χ1) is 15.9. The molecule has 174 valence electrons. The van der Waals surface area contributed by atoms with Crippen LogP contribution in [0.15, 0.2) is 42.1 Å². The Kier molecular flexibility index (Phi) is 7.13. The van der Waals surface area contributed by atoms with E-state index < -0.39 is 16.7 Å². The highest BCUT2D eigenvalue weighted by Gasteiger charge is 2.39. The van der Waals surface area contributed by atoms with E-state index in [4.69, 9.17) is 18.9 Å². The molecule has 11 nitrogen and oxygen atoms in total. The monoisotopic (exact) mass is 457 g/mol. The minimum absolute atomic E-state index is 0.0132. The fourth-order valence-electron chi connectivity index (χ4n) is 3.39. The minimum atomic E-state index is -0.556. The van der Waals surface area contributed by atoms with Gasteiger partial charge in [0.05, 0.1) is 45.0 Å². The van der Waals surface area contributed by atoms with E-state index in [9.17, 15) is 19.7 Å². The highest BCUT2D eigenvalue weighted by molar-refractivity contribution is 6.36. The smallest absolute Gasteiger partial charge is 0.278 e. The lowest BCUT2D eigenvalue weighted by Crippen LogP contribution is -2.35. The average molecular weight is 457 g/mol. The normalized spacial score (nSPS) is 13.4. The summed E-state index contributed by atoms with van der Waals surface area (Å²) in [5.74, 6) is -0.0274. The number of nitro groups is 1. The summed E-state index contributed by atoms with van der Waals surface area (Å²) in [6.07, 6.45) is 0.